The van der Waals surface area contributed by atoms with Gasteiger partial charge in [0.25, 0.3) is 0 Å². The van der Waals surface area contributed by atoms with Crippen molar-refractivity contribution >= 4 is 11.6 Å². The predicted octanol–water partition coefficient (Wildman–Crippen LogP) is 4.23. The van der Waals surface area contributed by atoms with Gasteiger partial charge >= 0.3 is 0 Å². The van der Waals surface area contributed by atoms with E-state index in [1.807, 2.05) is 6.07 Å². The van der Waals surface area contributed by atoms with Crippen LogP contribution in [-0.2, 0) is 5.88 Å². The third-order valence-electron chi connectivity index (χ3n) is 2.28. The minimum atomic E-state index is -0.403. The van der Waals surface area contributed by atoms with Gasteiger partial charge in [-0.2, -0.15) is 5.26 Å². The van der Waals surface area contributed by atoms with E-state index in [1.54, 1.807) is 30.3 Å². The number of rotatable bonds is 3. The summed E-state index contributed by atoms with van der Waals surface area (Å²) < 4.78 is 18.8. The van der Waals surface area contributed by atoms with E-state index in [2.05, 4.69) is 0 Å². The van der Waals surface area contributed by atoms with Crippen molar-refractivity contribution in [2.75, 3.05) is 0 Å². The molecule has 0 amide bonds. The Bertz CT molecular complexity index is 607. The molecule has 2 rings (SSSR count). The second kappa shape index (κ2) is 5.52. The highest BCUT2D eigenvalue weighted by Crippen LogP contribution is 2.24. The average Bonchev–Trinajstić information content (AvgIpc) is 2.38. The topological polar surface area (TPSA) is 33.0 Å². The largest absolute Gasteiger partial charge is 0.457 e. The zero-order valence-corrected chi connectivity index (χ0v) is 10.1. The van der Waals surface area contributed by atoms with Gasteiger partial charge in [-0.25, -0.2) is 4.39 Å². The molecule has 2 aromatic carbocycles. The Labute approximate surface area is 109 Å². The van der Waals surface area contributed by atoms with Gasteiger partial charge in [0.1, 0.15) is 17.3 Å². The number of alkyl halides is 1. The third-order valence-corrected chi connectivity index (χ3v) is 2.59. The molecule has 4 heteroatoms. The van der Waals surface area contributed by atoms with Crippen LogP contribution in [0.2, 0.25) is 0 Å². The summed E-state index contributed by atoms with van der Waals surface area (Å²) in [5.41, 5.74) is 1.13. The average molecular weight is 262 g/mol. The molecule has 0 radical (unpaired) electrons. The highest BCUT2D eigenvalue weighted by Gasteiger charge is 2.03. The number of hydrogen-bond acceptors (Lipinski definition) is 2. The van der Waals surface area contributed by atoms with Crippen LogP contribution >= 0.6 is 11.6 Å². The molecule has 0 N–H and O–H groups in total. The van der Waals surface area contributed by atoms with Crippen molar-refractivity contribution in [3.05, 3.63) is 59.4 Å². The van der Waals surface area contributed by atoms with Gasteiger partial charge in [-0.05, 0) is 35.9 Å². The zero-order valence-electron chi connectivity index (χ0n) is 9.36. The summed E-state index contributed by atoms with van der Waals surface area (Å²) >= 11 is 5.66. The molecule has 0 aliphatic heterocycles. The molecule has 2 aromatic rings. The maximum Gasteiger partial charge on any atom is 0.130 e. The van der Waals surface area contributed by atoms with E-state index in [0.29, 0.717) is 22.6 Å². The van der Waals surface area contributed by atoms with Crippen LogP contribution in [-0.4, -0.2) is 0 Å². The van der Waals surface area contributed by atoms with E-state index < -0.39 is 5.82 Å². The van der Waals surface area contributed by atoms with Crippen molar-refractivity contribution in [3.63, 3.8) is 0 Å². The highest BCUT2D eigenvalue weighted by atomic mass is 35.5. The molecule has 0 aliphatic rings. The van der Waals surface area contributed by atoms with E-state index in [-0.39, 0.29) is 5.88 Å². The fraction of sp³-hybridized carbons (Fsp3) is 0.0714. The molecular formula is C14H9ClFNO. The molecule has 0 unspecified atom stereocenters. The van der Waals surface area contributed by atoms with E-state index in [0.717, 1.165) is 0 Å². The van der Waals surface area contributed by atoms with Crippen LogP contribution in [0.3, 0.4) is 0 Å². The Balaban J connectivity index is 2.28. The van der Waals surface area contributed by atoms with Gasteiger partial charge in [-0.3, -0.25) is 0 Å². The van der Waals surface area contributed by atoms with E-state index in [4.69, 9.17) is 21.6 Å². The Morgan fingerprint density at radius 1 is 1.17 bits per heavy atom. The summed E-state index contributed by atoms with van der Waals surface area (Å²) in [7, 11) is 0. The monoisotopic (exact) mass is 261 g/mol. The van der Waals surface area contributed by atoms with Gasteiger partial charge in [0.2, 0.25) is 0 Å². The minimum Gasteiger partial charge on any atom is -0.457 e. The van der Waals surface area contributed by atoms with E-state index in [9.17, 15) is 4.39 Å². The van der Waals surface area contributed by atoms with Gasteiger partial charge in [0, 0.05) is 11.9 Å². The van der Waals surface area contributed by atoms with Crippen LogP contribution in [0.25, 0.3) is 0 Å². The number of halogens is 2. The maximum absolute atomic E-state index is 13.3. The van der Waals surface area contributed by atoms with Crippen LogP contribution in [0.15, 0.2) is 42.5 Å². The second-order valence-corrected chi connectivity index (χ2v) is 3.94. The standard InChI is InChI=1S/C14H9ClFNO/c15-8-11-4-12(16)7-14(6-11)18-13-3-1-2-10(5-13)9-17/h1-7H,8H2. The molecule has 0 spiro atoms. The second-order valence-electron chi connectivity index (χ2n) is 3.67. The van der Waals surface area contributed by atoms with Crippen LogP contribution < -0.4 is 4.74 Å². The fourth-order valence-electron chi connectivity index (χ4n) is 1.52. The number of nitrogens with zero attached hydrogens (tertiary/aromatic N) is 1. The van der Waals surface area contributed by atoms with Crippen molar-refractivity contribution in [3.8, 4) is 17.6 Å². The van der Waals surface area contributed by atoms with Crippen molar-refractivity contribution in [2.45, 2.75) is 5.88 Å². The fourth-order valence-corrected chi connectivity index (χ4v) is 1.68. The normalized spacial score (nSPS) is 9.83. The Hall–Kier alpha value is -2.05. The zero-order chi connectivity index (χ0) is 13.0. The van der Waals surface area contributed by atoms with Crippen molar-refractivity contribution in [1.29, 1.82) is 5.26 Å². The lowest BCUT2D eigenvalue weighted by Crippen LogP contribution is -1.89. The quantitative estimate of drug-likeness (QED) is 0.775. The van der Waals surface area contributed by atoms with Gasteiger partial charge in [0.15, 0.2) is 0 Å². The molecule has 0 bridgehead atoms. The molecule has 0 fully saturated rings. The summed E-state index contributed by atoms with van der Waals surface area (Å²) in [5.74, 6) is 0.660. The first kappa shape index (κ1) is 12.4. The Kier molecular flexibility index (Phi) is 3.81. The predicted molar refractivity (Wildman–Crippen MR) is 67.2 cm³/mol. The lowest BCUT2D eigenvalue weighted by molar-refractivity contribution is 0.476. The van der Waals surface area contributed by atoms with Crippen molar-refractivity contribution in [2.24, 2.45) is 0 Å². The van der Waals surface area contributed by atoms with Crippen LogP contribution in [0, 0.1) is 17.1 Å². The summed E-state index contributed by atoms with van der Waals surface area (Å²) in [5, 5.41) is 8.77. The van der Waals surface area contributed by atoms with Crippen LogP contribution in [0.1, 0.15) is 11.1 Å². The first-order valence-corrected chi connectivity index (χ1v) is 5.78. The Morgan fingerprint density at radius 3 is 2.72 bits per heavy atom. The molecule has 0 aromatic heterocycles. The van der Waals surface area contributed by atoms with Gasteiger partial charge in [-0.15, -0.1) is 11.6 Å². The number of benzene rings is 2. The first-order valence-electron chi connectivity index (χ1n) is 5.25. The van der Waals surface area contributed by atoms with Crippen LogP contribution in [0.5, 0.6) is 11.5 Å². The van der Waals surface area contributed by atoms with E-state index in [1.165, 1.54) is 12.1 Å². The van der Waals surface area contributed by atoms with Gasteiger partial charge in [-0.1, -0.05) is 6.07 Å². The molecule has 18 heavy (non-hydrogen) atoms. The van der Waals surface area contributed by atoms with E-state index >= 15 is 0 Å². The molecule has 0 heterocycles. The van der Waals surface area contributed by atoms with Crippen LogP contribution in [0.4, 0.5) is 4.39 Å². The molecule has 0 saturated carbocycles. The SMILES string of the molecule is N#Cc1cccc(Oc2cc(F)cc(CCl)c2)c1. The first-order chi connectivity index (χ1) is 8.71. The summed E-state index contributed by atoms with van der Waals surface area (Å²) in [6, 6.07) is 13.0. The lowest BCUT2D eigenvalue weighted by atomic mass is 10.2. The molecule has 90 valence electrons. The summed E-state index contributed by atoms with van der Waals surface area (Å²) in [6.07, 6.45) is 0. The third kappa shape index (κ3) is 2.99. The highest BCUT2D eigenvalue weighted by molar-refractivity contribution is 6.17. The number of ether oxygens (including phenoxy) is 1. The van der Waals surface area contributed by atoms with Crippen molar-refractivity contribution < 1.29 is 9.13 Å². The molecular weight excluding hydrogens is 253 g/mol. The van der Waals surface area contributed by atoms with Gasteiger partial charge in [0.05, 0.1) is 11.6 Å². The number of nitriles is 1. The minimum absolute atomic E-state index is 0.215. The maximum atomic E-state index is 13.3. The van der Waals surface area contributed by atoms with Crippen molar-refractivity contribution in [1.82, 2.24) is 0 Å². The van der Waals surface area contributed by atoms with Gasteiger partial charge < -0.3 is 4.74 Å². The molecule has 0 saturated heterocycles. The lowest BCUT2D eigenvalue weighted by Gasteiger charge is -2.07. The molecule has 0 atom stereocenters. The summed E-state index contributed by atoms with van der Waals surface area (Å²) in [4.78, 5) is 0. The smallest absolute Gasteiger partial charge is 0.130 e. The summed E-state index contributed by atoms with van der Waals surface area (Å²) in [6.45, 7) is 0. The molecule has 2 nitrogen and oxygen atoms in total. The Morgan fingerprint density at radius 2 is 2.00 bits per heavy atom. The molecule has 0 aliphatic carbocycles. The number of hydrogen-bond donors (Lipinski definition) is 0.